The Morgan fingerprint density at radius 2 is 1.94 bits per heavy atom. The quantitative estimate of drug-likeness (QED) is 0.565. The third-order valence-electron chi connectivity index (χ3n) is 6.83. The van der Waals surface area contributed by atoms with Gasteiger partial charge in [0.25, 0.3) is 0 Å². The van der Waals surface area contributed by atoms with Crippen molar-refractivity contribution < 1.29 is 9.59 Å². The van der Waals surface area contributed by atoms with Gasteiger partial charge in [-0.15, -0.1) is 0 Å². The Bertz CT molecular complexity index is 888. The summed E-state index contributed by atoms with van der Waals surface area (Å²) >= 11 is 1.59. The Kier molecular flexibility index (Phi) is 8.50. The molecule has 2 aromatic rings. The van der Waals surface area contributed by atoms with E-state index in [-0.39, 0.29) is 24.7 Å². The molecule has 1 saturated carbocycles. The molecular weight excluding hydrogens is 436 g/mol. The lowest BCUT2D eigenvalue weighted by Gasteiger charge is -2.34. The fourth-order valence-electron chi connectivity index (χ4n) is 4.77. The Morgan fingerprint density at radius 1 is 1.15 bits per heavy atom. The van der Waals surface area contributed by atoms with Gasteiger partial charge in [0.05, 0.1) is 0 Å². The molecule has 0 radical (unpaired) electrons. The van der Waals surface area contributed by atoms with Crippen LogP contribution in [-0.2, 0) is 9.59 Å². The summed E-state index contributed by atoms with van der Waals surface area (Å²) in [6, 6.07) is 4.58. The number of thiazole rings is 1. The highest BCUT2D eigenvalue weighted by atomic mass is 32.1. The number of aromatic nitrogens is 2. The maximum atomic E-state index is 12.6. The number of amides is 2. The van der Waals surface area contributed by atoms with Gasteiger partial charge in [0.1, 0.15) is 10.3 Å². The second-order valence-electron chi connectivity index (χ2n) is 9.17. The van der Waals surface area contributed by atoms with E-state index in [1.807, 2.05) is 17.0 Å². The van der Waals surface area contributed by atoms with Crippen LogP contribution in [0.5, 0.6) is 0 Å². The zero-order chi connectivity index (χ0) is 23.0. The molecule has 3 heterocycles. The summed E-state index contributed by atoms with van der Waals surface area (Å²) in [4.78, 5) is 41.3. The largest absolute Gasteiger partial charge is 0.356 e. The number of carbonyl (C=O) groups excluding carboxylic acids is 2. The van der Waals surface area contributed by atoms with Crippen LogP contribution in [0.3, 0.4) is 0 Å². The van der Waals surface area contributed by atoms with Crippen LogP contribution in [0.2, 0.25) is 0 Å². The smallest absolute Gasteiger partial charge is 0.223 e. The number of fused-ring (bicyclic) bond motifs is 1. The predicted octanol–water partition coefficient (Wildman–Crippen LogP) is 2.89. The van der Waals surface area contributed by atoms with E-state index in [1.54, 1.807) is 17.5 Å². The van der Waals surface area contributed by atoms with Crippen LogP contribution < -0.4 is 10.2 Å². The summed E-state index contributed by atoms with van der Waals surface area (Å²) in [6.45, 7) is 4.53. The molecule has 8 nitrogen and oxygen atoms in total. The molecular formula is C24H36N6O2S. The summed E-state index contributed by atoms with van der Waals surface area (Å²) in [5.41, 5.74) is 0.919. The average Bonchev–Trinajstić information content (AvgIpc) is 3.30. The summed E-state index contributed by atoms with van der Waals surface area (Å²) < 4.78 is 0. The van der Waals surface area contributed by atoms with E-state index in [9.17, 15) is 9.59 Å². The fourth-order valence-corrected chi connectivity index (χ4v) is 5.73. The number of carbonyl (C=O) groups is 2. The molecule has 0 atom stereocenters. The van der Waals surface area contributed by atoms with Crippen LogP contribution in [0.4, 0.5) is 5.13 Å². The summed E-state index contributed by atoms with van der Waals surface area (Å²) in [6.07, 6.45) is 9.94. The number of nitrogens with zero attached hydrogens (tertiary/aromatic N) is 5. The average molecular weight is 473 g/mol. The van der Waals surface area contributed by atoms with Gasteiger partial charge in [-0.1, -0.05) is 30.6 Å². The minimum atomic E-state index is -0.0238. The van der Waals surface area contributed by atoms with Crippen molar-refractivity contribution >= 4 is 38.6 Å². The highest BCUT2D eigenvalue weighted by Gasteiger charge is 2.23. The van der Waals surface area contributed by atoms with E-state index in [4.69, 9.17) is 0 Å². The molecule has 0 aromatic carbocycles. The van der Waals surface area contributed by atoms with Crippen LogP contribution in [0, 0.1) is 0 Å². The number of hydrogen-bond acceptors (Lipinski definition) is 7. The summed E-state index contributed by atoms with van der Waals surface area (Å²) in [7, 11) is 2.20. The third kappa shape index (κ3) is 6.63. The second kappa shape index (κ2) is 11.7. The Morgan fingerprint density at radius 3 is 2.70 bits per heavy atom. The predicted molar refractivity (Wildman–Crippen MR) is 133 cm³/mol. The highest BCUT2D eigenvalue weighted by molar-refractivity contribution is 7.21. The Labute approximate surface area is 200 Å². The number of anilines is 1. The maximum Gasteiger partial charge on any atom is 0.223 e. The molecule has 2 amide bonds. The van der Waals surface area contributed by atoms with Crippen LogP contribution in [0.1, 0.15) is 51.4 Å². The van der Waals surface area contributed by atoms with E-state index < -0.39 is 0 Å². The monoisotopic (exact) mass is 472 g/mol. The van der Waals surface area contributed by atoms with Crippen LogP contribution >= 0.6 is 11.3 Å². The summed E-state index contributed by atoms with van der Waals surface area (Å²) in [5, 5.41) is 3.95. The molecule has 2 fully saturated rings. The highest BCUT2D eigenvalue weighted by Crippen LogP contribution is 2.27. The van der Waals surface area contributed by atoms with Gasteiger partial charge in [-0.2, -0.15) is 0 Å². The van der Waals surface area contributed by atoms with Gasteiger partial charge >= 0.3 is 0 Å². The van der Waals surface area contributed by atoms with Gasteiger partial charge in [-0.05, 0) is 45.0 Å². The normalized spacial score (nSPS) is 17.6. The van der Waals surface area contributed by atoms with Gasteiger partial charge in [0.2, 0.25) is 11.8 Å². The molecule has 0 bridgehead atoms. The molecule has 2 aromatic heterocycles. The molecule has 0 unspecified atom stereocenters. The van der Waals surface area contributed by atoms with E-state index in [2.05, 4.69) is 32.1 Å². The minimum absolute atomic E-state index is 0.0238. The van der Waals surface area contributed by atoms with Crippen molar-refractivity contribution in [3.05, 3.63) is 18.3 Å². The van der Waals surface area contributed by atoms with E-state index >= 15 is 0 Å². The van der Waals surface area contributed by atoms with Crippen molar-refractivity contribution in [3.8, 4) is 0 Å². The number of nitrogens with one attached hydrogen (secondary N) is 1. The first-order chi connectivity index (χ1) is 16.1. The first-order valence-corrected chi connectivity index (χ1v) is 13.1. The SMILES string of the molecule is CN(CCCNC(=O)CCC(=O)N1CCN(c2nc3cccnc3s2)CC1)C1CCCCC1. The molecule has 33 heavy (non-hydrogen) atoms. The molecule has 0 spiro atoms. The van der Waals surface area contributed by atoms with Crippen molar-refractivity contribution in [2.45, 2.75) is 57.4 Å². The van der Waals surface area contributed by atoms with Crippen molar-refractivity contribution in [1.29, 1.82) is 0 Å². The van der Waals surface area contributed by atoms with E-state index in [0.717, 1.165) is 41.5 Å². The van der Waals surface area contributed by atoms with Gasteiger partial charge in [-0.3, -0.25) is 9.59 Å². The standard InChI is InChI=1S/C24H36N6O2S/c1-28(19-7-3-2-4-8-19)14-6-13-25-21(31)10-11-22(32)29-15-17-30(18-16-29)24-27-20-9-5-12-26-23(20)33-24/h5,9,12,19H,2-4,6-8,10-11,13-18H2,1H3,(H,25,31). The minimum Gasteiger partial charge on any atom is -0.356 e. The number of hydrogen-bond donors (Lipinski definition) is 1. The molecule has 4 rings (SSSR count). The number of rotatable bonds is 9. The van der Waals surface area contributed by atoms with Crippen LogP contribution in [0.15, 0.2) is 18.3 Å². The van der Waals surface area contributed by atoms with Crippen molar-refractivity contribution in [3.63, 3.8) is 0 Å². The molecule has 1 aliphatic heterocycles. The zero-order valence-electron chi connectivity index (χ0n) is 19.7. The zero-order valence-corrected chi connectivity index (χ0v) is 20.5. The lowest BCUT2D eigenvalue weighted by atomic mass is 9.94. The van der Waals surface area contributed by atoms with Gasteiger partial charge in [-0.25, -0.2) is 9.97 Å². The summed E-state index contributed by atoms with van der Waals surface area (Å²) in [5.74, 6) is 0.0390. The van der Waals surface area contributed by atoms with Gasteiger partial charge < -0.3 is 20.0 Å². The van der Waals surface area contributed by atoms with Crippen molar-refractivity contribution in [1.82, 2.24) is 25.1 Å². The topological polar surface area (TPSA) is 81.7 Å². The fraction of sp³-hybridized carbons (Fsp3) is 0.667. The molecule has 1 aliphatic carbocycles. The molecule has 9 heteroatoms. The van der Waals surface area contributed by atoms with Gasteiger partial charge in [0.15, 0.2) is 5.13 Å². The number of pyridine rings is 1. The Hall–Kier alpha value is -2.26. The van der Waals surface area contributed by atoms with Crippen LogP contribution in [0.25, 0.3) is 10.3 Å². The van der Waals surface area contributed by atoms with Gasteiger partial charge in [0, 0.05) is 57.8 Å². The molecule has 1 saturated heterocycles. The van der Waals surface area contributed by atoms with E-state index in [0.29, 0.717) is 25.7 Å². The maximum absolute atomic E-state index is 12.6. The first kappa shape index (κ1) is 23.9. The molecule has 2 aliphatic rings. The van der Waals surface area contributed by atoms with E-state index in [1.165, 1.54) is 32.1 Å². The lowest BCUT2D eigenvalue weighted by molar-refractivity contribution is -0.133. The third-order valence-corrected chi connectivity index (χ3v) is 7.87. The van der Waals surface area contributed by atoms with Crippen molar-refractivity contribution in [2.24, 2.45) is 0 Å². The number of piperazine rings is 1. The van der Waals surface area contributed by atoms with Crippen LogP contribution in [-0.4, -0.2) is 83.9 Å². The second-order valence-corrected chi connectivity index (χ2v) is 10.1. The first-order valence-electron chi connectivity index (χ1n) is 12.3. The molecule has 180 valence electrons. The Balaban J connectivity index is 1.10. The van der Waals surface area contributed by atoms with Crippen molar-refractivity contribution in [2.75, 3.05) is 51.2 Å². The molecule has 1 N–H and O–H groups in total. The lowest BCUT2D eigenvalue weighted by Crippen LogP contribution is -2.49.